The molecule has 0 aliphatic heterocycles. The molecule has 0 saturated heterocycles. The van der Waals surface area contributed by atoms with E-state index in [4.69, 9.17) is 16.3 Å². The van der Waals surface area contributed by atoms with Gasteiger partial charge in [0.15, 0.2) is 0 Å². The molecule has 0 aromatic heterocycles. The number of nitrogens with one attached hydrogen (secondary N) is 1. The van der Waals surface area contributed by atoms with Crippen LogP contribution in [0.5, 0.6) is 0 Å². The van der Waals surface area contributed by atoms with Gasteiger partial charge in [-0.25, -0.2) is 9.18 Å². The molecule has 0 heterocycles. The van der Waals surface area contributed by atoms with Crippen molar-refractivity contribution in [2.75, 3.05) is 11.9 Å². The Morgan fingerprint density at radius 3 is 2.94 bits per heavy atom. The Morgan fingerprint density at radius 2 is 2.31 bits per heavy atom. The summed E-state index contributed by atoms with van der Waals surface area (Å²) in [6, 6.07) is 3.49. The number of benzene rings is 1. The predicted octanol–water partition coefficient (Wildman–Crippen LogP) is 2.84. The standard InChI is InChI=1S/C11H13ClFNO2/c1-3-16-11(15)7(2)14-10-6-8(12)4-5-9(10)13/h4-7,14H,3H2,1-2H3. The summed E-state index contributed by atoms with van der Waals surface area (Å²) < 4.78 is 18.1. The van der Waals surface area contributed by atoms with Gasteiger partial charge in [0.2, 0.25) is 0 Å². The van der Waals surface area contributed by atoms with Crippen LogP contribution in [0, 0.1) is 5.82 Å². The van der Waals surface area contributed by atoms with E-state index in [0.29, 0.717) is 11.6 Å². The van der Waals surface area contributed by atoms with Crippen molar-refractivity contribution >= 4 is 23.3 Å². The lowest BCUT2D eigenvalue weighted by molar-refractivity contribution is -0.143. The molecular formula is C11H13ClFNO2. The van der Waals surface area contributed by atoms with Gasteiger partial charge in [-0.05, 0) is 32.0 Å². The van der Waals surface area contributed by atoms with Gasteiger partial charge in [-0.15, -0.1) is 0 Å². The molecule has 1 unspecified atom stereocenters. The first-order valence-corrected chi connectivity index (χ1v) is 5.30. The van der Waals surface area contributed by atoms with Crippen molar-refractivity contribution in [3.8, 4) is 0 Å². The van der Waals surface area contributed by atoms with Crippen LogP contribution < -0.4 is 5.32 Å². The summed E-state index contributed by atoms with van der Waals surface area (Å²) in [5.74, 6) is -0.887. The summed E-state index contributed by atoms with van der Waals surface area (Å²) in [5.41, 5.74) is 0.188. The van der Waals surface area contributed by atoms with E-state index in [1.165, 1.54) is 18.2 Å². The molecule has 0 saturated carbocycles. The highest BCUT2D eigenvalue weighted by Gasteiger charge is 2.15. The Hall–Kier alpha value is -1.29. The quantitative estimate of drug-likeness (QED) is 0.829. The summed E-state index contributed by atoms with van der Waals surface area (Å²) in [5, 5.41) is 3.10. The molecule has 0 amide bonds. The van der Waals surface area contributed by atoms with Gasteiger partial charge in [0.1, 0.15) is 11.9 Å². The number of ether oxygens (including phenoxy) is 1. The second-order valence-corrected chi connectivity index (χ2v) is 3.68. The Labute approximate surface area is 98.5 Å². The van der Waals surface area contributed by atoms with Gasteiger partial charge in [-0.2, -0.15) is 0 Å². The fourth-order valence-corrected chi connectivity index (χ4v) is 1.34. The van der Waals surface area contributed by atoms with Crippen molar-refractivity contribution in [1.82, 2.24) is 0 Å². The van der Waals surface area contributed by atoms with Crippen LogP contribution in [0.2, 0.25) is 5.02 Å². The molecule has 0 radical (unpaired) electrons. The molecule has 1 aromatic carbocycles. The minimum atomic E-state index is -0.618. The Bertz CT molecular complexity index is 384. The first-order valence-electron chi connectivity index (χ1n) is 4.92. The van der Waals surface area contributed by atoms with Crippen molar-refractivity contribution in [3.63, 3.8) is 0 Å². The highest BCUT2D eigenvalue weighted by atomic mass is 35.5. The molecule has 0 aliphatic carbocycles. The maximum Gasteiger partial charge on any atom is 0.328 e. The highest BCUT2D eigenvalue weighted by Crippen LogP contribution is 2.20. The first-order chi connectivity index (χ1) is 7.54. The average molecular weight is 246 g/mol. The zero-order valence-corrected chi connectivity index (χ0v) is 9.84. The molecule has 0 bridgehead atoms. The minimum Gasteiger partial charge on any atom is -0.464 e. The molecule has 0 aliphatic rings. The largest absolute Gasteiger partial charge is 0.464 e. The molecule has 0 spiro atoms. The number of halogens is 2. The number of esters is 1. The average Bonchev–Trinajstić information content (AvgIpc) is 2.23. The van der Waals surface area contributed by atoms with Crippen LogP contribution in [0.15, 0.2) is 18.2 Å². The zero-order chi connectivity index (χ0) is 12.1. The summed E-state index contributed by atoms with van der Waals surface area (Å²) >= 11 is 5.72. The van der Waals surface area contributed by atoms with Gasteiger partial charge < -0.3 is 10.1 Å². The van der Waals surface area contributed by atoms with E-state index in [1.807, 2.05) is 0 Å². The second-order valence-electron chi connectivity index (χ2n) is 3.24. The van der Waals surface area contributed by atoms with Crippen LogP contribution in [0.4, 0.5) is 10.1 Å². The van der Waals surface area contributed by atoms with Gasteiger partial charge in [0, 0.05) is 5.02 Å². The predicted molar refractivity (Wildman–Crippen MR) is 61.1 cm³/mol. The van der Waals surface area contributed by atoms with Crippen molar-refractivity contribution in [1.29, 1.82) is 0 Å². The van der Waals surface area contributed by atoms with E-state index >= 15 is 0 Å². The minimum absolute atomic E-state index is 0.188. The molecule has 3 nitrogen and oxygen atoms in total. The molecular weight excluding hydrogens is 233 g/mol. The van der Waals surface area contributed by atoms with Gasteiger partial charge in [-0.1, -0.05) is 11.6 Å². The monoisotopic (exact) mass is 245 g/mol. The van der Waals surface area contributed by atoms with E-state index in [0.717, 1.165) is 0 Å². The SMILES string of the molecule is CCOC(=O)C(C)Nc1cc(Cl)ccc1F. The fraction of sp³-hybridized carbons (Fsp3) is 0.364. The first kappa shape index (κ1) is 12.8. The summed E-state index contributed by atoms with van der Waals surface area (Å²) in [7, 11) is 0. The molecule has 5 heteroatoms. The van der Waals surface area contributed by atoms with Crippen LogP contribution in [0.3, 0.4) is 0 Å². The topological polar surface area (TPSA) is 38.3 Å². The Morgan fingerprint density at radius 1 is 1.62 bits per heavy atom. The highest BCUT2D eigenvalue weighted by molar-refractivity contribution is 6.30. The van der Waals surface area contributed by atoms with Crippen LogP contribution in [0.25, 0.3) is 0 Å². The van der Waals surface area contributed by atoms with E-state index in [-0.39, 0.29) is 5.69 Å². The van der Waals surface area contributed by atoms with Gasteiger partial charge in [0.25, 0.3) is 0 Å². The number of anilines is 1. The molecule has 1 rings (SSSR count). The lowest BCUT2D eigenvalue weighted by atomic mass is 10.2. The van der Waals surface area contributed by atoms with Crippen LogP contribution in [0.1, 0.15) is 13.8 Å². The van der Waals surface area contributed by atoms with E-state index in [9.17, 15) is 9.18 Å². The van der Waals surface area contributed by atoms with Gasteiger partial charge in [-0.3, -0.25) is 0 Å². The molecule has 1 N–H and O–H groups in total. The fourth-order valence-electron chi connectivity index (χ4n) is 1.17. The Balaban J connectivity index is 2.72. The molecule has 16 heavy (non-hydrogen) atoms. The third-order valence-corrected chi connectivity index (χ3v) is 2.18. The van der Waals surface area contributed by atoms with Gasteiger partial charge in [0.05, 0.1) is 12.3 Å². The van der Waals surface area contributed by atoms with Crippen molar-refractivity contribution in [2.24, 2.45) is 0 Å². The third-order valence-electron chi connectivity index (χ3n) is 1.94. The van der Waals surface area contributed by atoms with Gasteiger partial charge >= 0.3 is 5.97 Å². The van der Waals surface area contributed by atoms with E-state index in [2.05, 4.69) is 5.32 Å². The van der Waals surface area contributed by atoms with Crippen molar-refractivity contribution in [2.45, 2.75) is 19.9 Å². The zero-order valence-electron chi connectivity index (χ0n) is 9.09. The maximum absolute atomic E-state index is 13.3. The molecule has 1 atom stereocenters. The number of carbonyl (C=O) groups excluding carboxylic acids is 1. The number of carbonyl (C=O) groups is 1. The Kier molecular flexibility index (Phi) is 4.55. The normalized spacial score (nSPS) is 12.0. The van der Waals surface area contributed by atoms with Crippen LogP contribution in [-0.4, -0.2) is 18.6 Å². The van der Waals surface area contributed by atoms with Crippen molar-refractivity contribution < 1.29 is 13.9 Å². The lowest BCUT2D eigenvalue weighted by Gasteiger charge is -2.14. The lowest BCUT2D eigenvalue weighted by Crippen LogP contribution is -2.28. The molecule has 1 aromatic rings. The number of hydrogen-bond acceptors (Lipinski definition) is 3. The van der Waals surface area contributed by atoms with E-state index < -0.39 is 17.8 Å². The third kappa shape index (κ3) is 3.38. The number of rotatable bonds is 4. The van der Waals surface area contributed by atoms with E-state index in [1.54, 1.807) is 13.8 Å². The van der Waals surface area contributed by atoms with Crippen LogP contribution in [-0.2, 0) is 9.53 Å². The maximum atomic E-state index is 13.3. The summed E-state index contributed by atoms with van der Waals surface area (Å²) in [4.78, 5) is 11.3. The van der Waals surface area contributed by atoms with Crippen molar-refractivity contribution in [3.05, 3.63) is 29.0 Å². The molecule has 0 fully saturated rings. The summed E-state index contributed by atoms with van der Waals surface area (Å²) in [6.07, 6.45) is 0. The van der Waals surface area contributed by atoms with Crippen LogP contribution >= 0.6 is 11.6 Å². The molecule has 88 valence electrons. The number of hydrogen-bond donors (Lipinski definition) is 1. The smallest absolute Gasteiger partial charge is 0.328 e. The summed E-state index contributed by atoms with van der Waals surface area (Å²) in [6.45, 7) is 3.60. The second kappa shape index (κ2) is 5.70.